The molecule has 0 bridgehead atoms. The molecule has 3 nitrogen and oxygen atoms in total. The molecular formula is C24H27ClFN3S. The van der Waals surface area contributed by atoms with Crippen LogP contribution >= 0.6 is 23.8 Å². The van der Waals surface area contributed by atoms with Crippen LogP contribution in [-0.2, 0) is 6.54 Å². The van der Waals surface area contributed by atoms with Crippen LogP contribution in [0.3, 0.4) is 0 Å². The predicted molar refractivity (Wildman–Crippen MR) is 125 cm³/mol. The summed E-state index contributed by atoms with van der Waals surface area (Å²) in [5.41, 5.74) is 3.68. The molecule has 0 N–H and O–H groups in total. The second kappa shape index (κ2) is 9.04. The summed E-state index contributed by atoms with van der Waals surface area (Å²) in [6.07, 6.45) is 5.81. The maximum Gasteiger partial charge on any atom is 0.184 e. The fraction of sp³-hybridized carbons (Fsp3) is 0.375. The van der Waals surface area contributed by atoms with Crippen LogP contribution in [0.15, 0.2) is 48.7 Å². The topological polar surface area (TPSA) is 13.1 Å². The van der Waals surface area contributed by atoms with E-state index < -0.39 is 0 Å². The van der Waals surface area contributed by atoms with Gasteiger partial charge >= 0.3 is 0 Å². The molecule has 30 heavy (non-hydrogen) atoms. The average molecular weight is 444 g/mol. The van der Waals surface area contributed by atoms with Gasteiger partial charge in [0, 0.05) is 35.6 Å². The van der Waals surface area contributed by atoms with Crippen molar-refractivity contribution in [3.05, 3.63) is 69.8 Å². The molecule has 0 spiro atoms. The summed E-state index contributed by atoms with van der Waals surface area (Å²) in [5, 5.41) is 0.673. The Morgan fingerprint density at radius 1 is 1.17 bits per heavy atom. The highest BCUT2D eigenvalue weighted by molar-refractivity contribution is 7.71. The van der Waals surface area contributed by atoms with E-state index in [0.29, 0.717) is 9.79 Å². The molecule has 1 aliphatic rings. The number of aryl methyl sites for hydroxylation is 2. The van der Waals surface area contributed by atoms with E-state index in [9.17, 15) is 4.39 Å². The lowest BCUT2D eigenvalue weighted by Gasteiger charge is -2.15. The molecule has 6 heteroatoms. The van der Waals surface area contributed by atoms with Crippen LogP contribution in [0, 0.1) is 23.4 Å². The Bertz CT molecular complexity index is 1080. The van der Waals surface area contributed by atoms with E-state index in [-0.39, 0.29) is 5.82 Å². The molecule has 0 atom stereocenters. The van der Waals surface area contributed by atoms with Gasteiger partial charge in [-0.2, -0.15) is 0 Å². The molecule has 1 heterocycles. The third-order valence-corrected chi connectivity index (χ3v) is 6.39. The number of halogens is 2. The lowest BCUT2D eigenvalue weighted by atomic mass is 10.1. The summed E-state index contributed by atoms with van der Waals surface area (Å²) in [6.45, 7) is 5.05. The standard InChI is InChI=1S/C24H27ClFN3S/c1-17-4-9-20(26)14-22(17)23-16-28(13-3-12-27(2)15-18-5-6-18)24(30)29(23)21-10-7-19(25)8-11-21/h4,7-11,14,16,18H,3,5-6,12-13,15H2,1-2H3. The maximum atomic E-state index is 14.1. The number of rotatable bonds is 8. The zero-order valence-corrected chi connectivity index (χ0v) is 19.0. The van der Waals surface area contributed by atoms with Crippen molar-refractivity contribution in [2.45, 2.75) is 32.7 Å². The Hall–Kier alpha value is -1.95. The van der Waals surface area contributed by atoms with Crippen molar-refractivity contribution in [1.29, 1.82) is 0 Å². The van der Waals surface area contributed by atoms with Crippen molar-refractivity contribution in [3.63, 3.8) is 0 Å². The minimum Gasteiger partial charge on any atom is -0.323 e. The van der Waals surface area contributed by atoms with Crippen molar-refractivity contribution >= 4 is 23.8 Å². The van der Waals surface area contributed by atoms with Crippen molar-refractivity contribution in [3.8, 4) is 16.9 Å². The highest BCUT2D eigenvalue weighted by atomic mass is 35.5. The Morgan fingerprint density at radius 2 is 1.90 bits per heavy atom. The first kappa shape index (κ1) is 21.3. The molecule has 0 saturated heterocycles. The van der Waals surface area contributed by atoms with Gasteiger partial charge in [-0.3, -0.25) is 4.57 Å². The Balaban J connectivity index is 1.67. The predicted octanol–water partition coefficient (Wildman–Crippen LogP) is 6.51. The van der Waals surface area contributed by atoms with E-state index in [1.807, 2.05) is 41.8 Å². The van der Waals surface area contributed by atoms with Crippen LogP contribution in [-0.4, -0.2) is 34.2 Å². The van der Waals surface area contributed by atoms with Crippen molar-refractivity contribution < 1.29 is 4.39 Å². The molecule has 0 unspecified atom stereocenters. The maximum absolute atomic E-state index is 14.1. The second-order valence-corrected chi connectivity index (χ2v) is 9.12. The first-order valence-electron chi connectivity index (χ1n) is 10.5. The highest BCUT2D eigenvalue weighted by Crippen LogP contribution is 2.30. The van der Waals surface area contributed by atoms with Gasteiger partial charge < -0.3 is 9.47 Å². The van der Waals surface area contributed by atoms with Crippen LogP contribution in [0.25, 0.3) is 16.9 Å². The number of imidazole rings is 1. The average Bonchev–Trinajstić information content (AvgIpc) is 3.47. The molecule has 3 aromatic rings. The van der Waals surface area contributed by atoms with Gasteiger partial charge in [0.25, 0.3) is 0 Å². The fourth-order valence-electron chi connectivity index (χ4n) is 3.90. The van der Waals surface area contributed by atoms with E-state index in [1.54, 1.807) is 6.07 Å². The third-order valence-electron chi connectivity index (χ3n) is 5.72. The van der Waals surface area contributed by atoms with E-state index in [2.05, 4.69) is 22.7 Å². The van der Waals surface area contributed by atoms with Crippen molar-refractivity contribution in [1.82, 2.24) is 14.0 Å². The van der Waals surface area contributed by atoms with Crippen molar-refractivity contribution in [2.24, 2.45) is 5.92 Å². The molecule has 2 aromatic carbocycles. The summed E-state index contributed by atoms with van der Waals surface area (Å²) < 4.78 is 18.9. The first-order valence-corrected chi connectivity index (χ1v) is 11.2. The zero-order valence-electron chi connectivity index (χ0n) is 17.4. The number of hydrogen-bond acceptors (Lipinski definition) is 2. The first-order chi connectivity index (χ1) is 14.4. The quantitative estimate of drug-likeness (QED) is 0.368. The summed E-state index contributed by atoms with van der Waals surface area (Å²) >= 11 is 11.9. The third kappa shape index (κ3) is 4.85. The van der Waals surface area contributed by atoms with Gasteiger partial charge in [-0.25, -0.2) is 4.39 Å². The second-order valence-electron chi connectivity index (χ2n) is 8.32. The SMILES string of the molecule is Cc1ccc(F)cc1-c1cn(CCCN(C)CC2CC2)c(=S)n1-c1ccc(Cl)cc1. The number of aromatic nitrogens is 2. The molecule has 1 saturated carbocycles. The van der Waals surface area contributed by atoms with Gasteiger partial charge in [0.1, 0.15) is 5.82 Å². The number of nitrogens with zero attached hydrogens (tertiary/aromatic N) is 3. The van der Waals surface area contributed by atoms with E-state index in [4.69, 9.17) is 23.8 Å². The molecular weight excluding hydrogens is 417 g/mol. The fourth-order valence-corrected chi connectivity index (χ4v) is 4.37. The van der Waals surface area contributed by atoms with Gasteiger partial charge in [0.2, 0.25) is 0 Å². The summed E-state index contributed by atoms with van der Waals surface area (Å²) in [4.78, 5) is 2.41. The minimum absolute atomic E-state index is 0.251. The summed E-state index contributed by atoms with van der Waals surface area (Å²) in [6, 6.07) is 12.5. The van der Waals surface area contributed by atoms with Gasteiger partial charge in [-0.05, 0) is 99.9 Å². The van der Waals surface area contributed by atoms with Crippen LogP contribution in [0.4, 0.5) is 4.39 Å². The molecule has 158 valence electrons. The number of hydrogen-bond donors (Lipinski definition) is 0. The lowest BCUT2D eigenvalue weighted by molar-refractivity contribution is 0.309. The zero-order chi connectivity index (χ0) is 21.3. The largest absolute Gasteiger partial charge is 0.323 e. The highest BCUT2D eigenvalue weighted by Gasteiger charge is 2.22. The Morgan fingerprint density at radius 3 is 2.60 bits per heavy atom. The van der Waals surface area contributed by atoms with Gasteiger partial charge in [0.15, 0.2) is 4.77 Å². The van der Waals surface area contributed by atoms with Crippen LogP contribution in [0.1, 0.15) is 24.8 Å². The summed E-state index contributed by atoms with van der Waals surface area (Å²) in [7, 11) is 2.19. The van der Waals surface area contributed by atoms with Crippen LogP contribution in [0.5, 0.6) is 0 Å². The molecule has 4 rings (SSSR count). The normalized spacial score (nSPS) is 13.9. The van der Waals surface area contributed by atoms with Crippen LogP contribution in [0.2, 0.25) is 5.02 Å². The van der Waals surface area contributed by atoms with E-state index in [1.165, 1.54) is 25.5 Å². The van der Waals surface area contributed by atoms with Gasteiger partial charge in [-0.1, -0.05) is 17.7 Å². The lowest BCUT2D eigenvalue weighted by Crippen LogP contribution is -2.23. The molecule has 0 amide bonds. The Kier molecular flexibility index (Phi) is 6.42. The molecule has 0 radical (unpaired) electrons. The van der Waals surface area contributed by atoms with E-state index in [0.717, 1.165) is 47.9 Å². The molecule has 1 fully saturated rings. The summed E-state index contributed by atoms with van der Waals surface area (Å²) in [5.74, 6) is 0.643. The van der Waals surface area contributed by atoms with Crippen molar-refractivity contribution in [2.75, 3.05) is 20.1 Å². The monoisotopic (exact) mass is 443 g/mol. The number of benzene rings is 2. The van der Waals surface area contributed by atoms with Gasteiger partial charge in [0.05, 0.1) is 5.69 Å². The van der Waals surface area contributed by atoms with Gasteiger partial charge in [-0.15, -0.1) is 0 Å². The minimum atomic E-state index is -0.251. The molecule has 0 aliphatic heterocycles. The molecule has 1 aromatic heterocycles. The van der Waals surface area contributed by atoms with Crippen LogP contribution < -0.4 is 0 Å². The smallest absolute Gasteiger partial charge is 0.184 e. The van der Waals surface area contributed by atoms with E-state index >= 15 is 0 Å². The molecule has 1 aliphatic carbocycles. The Labute approximate surface area is 187 Å².